The van der Waals surface area contributed by atoms with Crippen molar-refractivity contribution in [1.82, 2.24) is 4.90 Å². The van der Waals surface area contributed by atoms with Gasteiger partial charge in [0, 0.05) is 18.7 Å². The van der Waals surface area contributed by atoms with Crippen LogP contribution in [-0.2, 0) is 4.79 Å². The average molecular weight is 261 g/mol. The number of nitrogens with zero attached hydrogens (tertiary/aromatic N) is 1. The third-order valence-electron chi connectivity index (χ3n) is 3.08. The molecule has 1 aromatic rings. The Bertz CT molecular complexity index is 392. The van der Waals surface area contributed by atoms with Crippen molar-refractivity contribution in [1.29, 1.82) is 0 Å². The van der Waals surface area contributed by atoms with Crippen molar-refractivity contribution in [3.63, 3.8) is 0 Å². The molecule has 0 saturated carbocycles. The van der Waals surface area contributed by atoms with Crippen LogP contribution in [0.2, 0.25) is 0 Å². The third-order valence-corrected chi connectivity index (χ3v) is 3.08. The minimum absolute atomic E-state index is 0.367. The van der Waals surface area contributed by atoms with Crippen molar-refractivity contribution in [2.24, 2.45) is 0 Å². The van der Waals surface area contributed by atoms with Crippen molar-refractivity contribution in [3.8, 4) is 0 Å². The molecule has 0 saturated heterocycles. The summed E-state index contributed by atoms with van der Waals surface area (Å²) in [5, 5.41) is 0. The number of carbonyl (C=O) groups is 2. The van der Waals surface area contributed by atoms with Gasteiger partial charge in [0.05, 0.1) is 0 Å². The number of ketones is 1. The number of amides is 1. The molecule has 0 radical (unpaired) electrons. The maximum absolute atomic E-state index is 12.2. The monoisotopic (exact) mass is 261 g/mol. The standard InChI is InChI=1S/C16H23NO2/c1-3-5-12-17(13-6-4-2)16(19)15(18)14-10-8-7-9-11-14/h7-11H,3-6,12-13H2,1-2H3. The van der Waals surface area contributed by atoms with Crippen LogP contribution < -0.4 is 0 Å². The van der Waals surface area contributed by atoms with Gasteiger partial charge in [0.1, 0.15) is 0 Å². The van der Waals surface area contributed by atoms with Gasteiger partial charge in [0.2, 0.25) is 5.78 Å². The molecule has 0 heterocycles. The molecule has 0 N–H and O–H groups in total. The molecular formula is C16H23NO2. The lowest BCUT2D eigenvalue weighted by atomic mass is 10.1. The lowest BCUT2D eigenvalue weighted by Crippen LogP contribution is -2.38. The Kier molecular flexibility index (Phi) is 6.86. The number of hydrogen-bond donors (Lipinski definition) is 0. The molecule has 0 fully saturated rings. The quantitative estimate of drug-likeness (QED) is 0.532. The number of unbranched alkanes of at least 4 members (excludes halogenated alkanes) is 2. The smallest absolute Gasteiger partial charge is 0.294 e. The van der Waals surface area contributed by atoms with Crippen LogP contribution >= 0.6 is 0 Å². The second-order valence-electron chi connectivity index (χ2n) is 4.69. The molecule has 0 bridgehead atoms. The van der Waals surface area contributed by atoms with Crippen LogP contribution in [0.3, 0.4) is 0 Å². The first-order chi connectivity index (χ1) is 9.20. The van der Waals surface area contributed by atoms with E-state index in [-0.39, 0.29) is 5.91 Å². The first kappa shape index (κ1) is 15.4. The molecular weight excluding hydrogens is 238 g/mol. The van der Waals surface area contributed by atoms with Crippen LogP contribution in [0, 0.1) is 0 Å². The molecule has 0 unspecified atom stereocenters. The fraction of sp³-hybridized carbons (Fsp3) is 0.500. The van der Waals surface area contributed by atoms with E-state index in [1.807, 2.05) is 6.07 Å². The second kappa shape index (κ2) is 8.46. The van der Waals surface area contributed by atoms with E-state index < -0.39 is 5.78 Å². The van der Waals surface area contributed by atoms with Gasteiger partial charge in [0.25, 0.3) is 5.91 Å². The second-order valence-corrected chi connectivity index (χ2v) is 4.69. The Hall–Kier alpha value is -1.64. The highest BCUT2D eigenvalue weighted by Gasteiger charge is 2.22. The Morgan fingerprint density at radius 3 is 1.95 bits per heavy atom. The molecule has 0 atom stereocenters. The minimum atomic E-state index is -0.396. The zero-order chi connectivity index (χ0) is 14.1. The summed E-state index contributed by atoms with van der Waals surface area (Å²) < 4.78 is 0. The molecule has 0 aliphatic rings. The van der Waals surface area contributed by atoms with Crippen LogP contribution in [-0.4, -0.2) is 29.7 Å². The Morgan fingerprint density at radius 1 is 0.947 bits per heavy atom. The zero-order valence-corrected chi connectivity index (χ0v) is 11.9. The summed E-state index contributed by atoms with van der Waals surface area (Å²) in [7, 11) is 0. The van der Waals surface area contributed by atoms with Gasteiger partial charge in [-0.05, 0) is 12.8 Å². The summed E-state index contributed by atoms with van der Waals surface area (Å²) in [5.41, 5.74) is 0.477. The minimum Gasteiger partial charge on any atom is -0.336 e. The predicted molar refractivity (Wildman–Crippen MR) is 77.2 cm³/mol. The van der Waals surface area contributed by atoms with Gasteiger partial charge in [-0.15, -0.1) is 0 Å². The number of hydrogen-bond acceptors (Lipinski definition) is 2. The van der Waals surface area contributed by atoms with E-state index in [1.54, 1.807) is 29.2 Å². The SMILES string of the molecule is CCCCN(CCCC)C(=O)C(=O)c1ccccc1. The number of benzene rings is 1. The van der Waals surface area contributed by atoms with Gasteiger partial charge in [-0.1, -0.05) is 57.0 Å². The maximum atomic E-state index is 12.2. The Balaban J connectivity index is 2.71. The molecule has 3 nitrogen and oxygen atoms in total. The summed E-state index contributed by atoms with van der Waals surface area (Å²) in [6.45, 7) is 5.52. The van der Waals surface area contributed by atoms with E-state index in [1.165, 1.54) is 0 Å². The van der Waals surface area contributed by atoms with Crippen LogP contribution in [0.4, 0.5) is 0 Å². The normalized spacial score (nSPS) is 10.2. The predicted octanol–water partition coefficient (Wildman–Crippen LogP) is 3.30. The van der Waals surface area contributed by atoms with Gasteiger partial charge >= 0.3 is 0 Å². The van der Waals surface area contributed by atoms with E-state index in [2.05, 4.69) is 13.8 Å². The topological polar surface area (TPSA) is 37.4 Å². The highest BCUT2D eigenvalue weighted by atomic mass is 16.2. The molecule has 0 aliphatic carbocycles. The summed E-state index contributed by atoms with van der Waals surface area (Å²) in [6.07, 6.45) is 3.93. The average Bonchev–Trinajstić information content (AvgIpc) is 2.47. The van der Waals surface area contributed by atoms with E-state index in [0.29, 0.717) is 18.7 Å². The molecule has 1 rings (SSSR count). The van der Waals surface area contributed by atoms with Gasteiger partial charge in [-0.3, -0.25) is 9.59 Å². The van der Waals surface area contributed by atoms with Crippen molar-refractivity contribution < 1.29 is 9.59 Å². The van der Waals surface area contributed by atoms with Gasteiger partial charge in [-0.2, -0.15) is 0 Å². The molecule has 19 heavy (non-hydrogen) atoms. The van der Waals surface area contributed by atoms with Crippen LogP contribution in [0.15, 0.2) is 30.3 Å². The molecule has 0 spiro atoms. The van der Waals surface area contributed by atoms with Gasteiger partial charge in [0.15, 0.2) is 0 Å². The van der Waals surface area contributed by atoms with Crippen molar-refractivity contribution in [2.75, 3.05) is 13.1 Å². The van der Waals surface area contributed by atoms with Gasteiger partial charge < -0.3 is 4.90 Å². The fourth-order valence-electron chi connectivity index (χ4n) is 1.87. The first-order valence-electron chi connectivity index (χ1n) is 7.09. The maximum Gasteiger partial charge on any atom is 0.294 e. The van der Waals surface area contributed by atoms with E-state index in [9.17, 15) is 9.59 Å². The Morgan fingerprint density at radius 2 is 1.47 bits per heavy atom. The Labute approximate surface area is 115 Å². The molecule has 104 valence electrons. The third kappa shape index (κ3) is 4.86. The number of Topliss-reactive ketones (excluding diaryl/α,β-unsaturated/α-hetero) is 1. The molecule has 1 aromatic carbocycles. The van der Waals surface area contributed by atoms with Crippen molar-refractivity contribution in [2.45, 2.75) is 39.5 Å². The van der Waals surface area contributed by atoms with Crippen molar-refractivity contribution >= 4 is 11.7 Å². The fourth-order valence-corrected chi connectivity index (χ4v) is 1.87. The van der Waals surface area contributed by atoms with Crippen LogP contribution in [0.1, 0.15) is 49.9 Å². The summed E-state index contributed by atoms with van der Waals surface area (Å²) in [6, 6.07) is 8.79. The molecule has 1 amide bonds. The summed E-state index contributed by atoms with van der Waals surface area (Å²) in [4.78, 5) is 26.0. The largest absolute Gasteiger partial charge is 0.336 e. The highest BCUT2D eigenvalue weighted by Crippen LogP contribution is 2.06. The lowest BCUT2D eigenvalue weighted by Gasteiger charge is -2.21. The lowest BCUT2D eigenvalue weighted by molar-refractivity contribution is -0.126. The number of carbonyl (C=O) groups excluding carboxylic acids is 2. The van der Waals surface area contributed by atoms with Crippen molar-refractivity contribution in [3.05, 3.63) is 35.9 Å². The molecule has 0 aliphatic heterocycles. The van der Waals surface area contributed by atoms with E-state index in [0.717, 1.165) is 25.7 Å². The number of rotatable bonds is 8. The highest BCUT2D eigenvalue weighted by molar-refractivity contribution is 6.42. The summed E-state index contributed by atoms with van der Waals surface area (Å²) >= 11 is 0. The molecule has 3 heteroatoms. The molecule has 0 aromatic heterocycles. The zero-order valence-electron chi connectivity index (χ0n) is 11.9. The summed E-state index contributed by atoms with van der Waals surface area (Å²) in [5.74, 6) is -0.763. The van der Waals surface area contributed by atoms with Gasteiger partial charge in [-0.25, -0.2) is 0 Å². The first-order valence-corrected chi connectivity index (χ1v) is 7.09. The van der Waals surface area contributed by atoms with Crippen LogP contribution in [0.5, 0.6) is 0 Å². The van der Waals surface area contributed by atoms with Crippen LogP contribution in [0.25, 0.3) is 0 Å². The van der Waals surface area contributed by atoms with E-state index >= 15 is 0 Å². The van der Waals surface area contributed by atoms with E-state index in [4.69, 9.17) is 0 Å².